The summed E-state index contributed by atoms with van der Waals surface area (Å²) in [6.45, 7) is 15.3. The Balaban J connectivity index is 1.99. The fourth-order valence-electron chi connectivity index (χ4n) is 4.62. The minimum absolute atomic E-state index is 0.0474. The van der Waals surface area contributed by atoms with E-state index in [4.69, 9.17) is 14.2 Å². The van der Waals surface area contributed by atoms with Gasteiger partial charge >= 0.3 is 18.0 Å². The fourth-order valence-corrected chi connectivity index (χ4v) is 5.98. The van der Waals surface area contributed by atoms with Gasteiger partial charge in [0.25, 0.3) is 6.43 Å². The zero-order valence-corrected chi connectivity index (χ0v) is 23.4. The highest BCUT2D eigenvalue weighted by Crippen LogP contribution is 2.66. The number of H-pyrrole nitrogens is 1. The topological polar surface area (TPSA) is 132 Å². The van der Waals surface area contributed by atoms with Gasteiger partial charge in [-0.05, 0) is 74.7 Å². The van der Waals surface area contributed by atoms with E-state index in [-0.39, 0.29) is 11.6 Å². The van der Waals surface area contributed by atoms with Gasteiger partial charge in [-0.15, -0.1) is 5.10 Å². The molecule has 10 nitrogen and oxygen atoms in total. The molecule has 5 atom stereocenters. The lowest BCUT2D eigenvalue weighted by Gasteiger charge is -2.35. The Labute approximate surface area is 219 Å². The number of hydrogen-bond donors (Lipinski definition) is 2. The molecular weight excluding hydrogens is 510 g/mol. The second-order valence-electron chi connectivity index (χ2n) is 12.4. The fraction of sp³-hybridized carbons (Fsp3) is 0.792. The van der Waals surface area contributed by atoms with Gasteiger partial charge in [0, 0.05) is 11.2 Å². The second kappa shape index (κ2) is 9.70. The normalized spacial score (nSPS) is 27.5. The van der Waals surface area contributed by atoms with Gasteiger partial charge < -0.3 is 19.5 Å². The Kier molecular flexibility index (Phi) is 7.64. The van der Waals surface area contributed by atoms with E-state index in [0.29, 0.717) is 0 Å². The van der Waals surface area contributed by atoms with Gasteiger partial charge in [0.2, 0.25) is 5.16 Å². The van der Waals surface area contributed by atoms with Crippen molar-refractivity contribution in [1.82, 2.24) is 20.5 Å². The zero-order valence-electron chi connectivity index (χ0n) is 22.6. The summed E-state index contributed by atoms with van der Waals surface area (Å²) in [5.41, 5.74) is -4.11. The summed E-state index contributed by atoms with van der Waals surface area (Å²) in [5.74, 6) is -3.62. The maximum absolute atomic E-state index is 13.7. The standard InChI is InChI=1S/C24H36F2N4O6S/c1-21(2,3)34-17(31)13-12-11(37-19-27-16(15(25)26)29-30-19)10-24(14(12)13,18(32)35-22(4,5)6)28-20(33)36-23(7,8)9/h11-15H,10H2,1-9H3,(H,28,33)(H,27,29,30)/t11-,12-,13-,14-,24-/m0/s1. The molecule has 0 aromatic carbocycles. The van der Waals surface area contributed by atoms with Gasteiger partial charge in [0.05, 0.1) is 5.92 Å². The van der Waals surface area contributed by atoms with E-state index in [1.807, 2.05) is 0 Å². The molecule has 37 heavy (non-hydrogen) atoms. The first-order valence-electron chi connectivity index (χ1n) is 12.1. The van der Waals surface area contributed by atoms with Crippen molar-refractivity contribution in [2.24, 2.45) is 17.8 Å². The molecule has 0 unspecified atom stereocenters. The van der Waals surface area contributed by atoms with Crippen LogP contribution in [0.5, 0.6) is 0 Å². The van der Waals surface area contributed by atoms with Crippen LogP contribution in [0.4, 0.5) is 13.6 Å². The molecule has 0 saturated heterocycles. The number of esters is 2. The lowest BCUT2D eigenvalue weighted by atomic mass is 9.89. The Bertz CT molecular complexity index is 1050. The molecule has 0 radical (unpaired) electrons. The van der Waals surface area contributed by atoms with Crippen molar-refractivity contribution in [3.05, 3.63) is 5.82 Å². The first kappa shape index (κ1) is 29.1. The Morgan fingerprint density at radius 3 is 2.05 bits per heavy atom. The largest absolute Gasteiger partial charge is 0.460 e. The molecule has 2 fully saturated rings. The maximum Gasteiger partial charge on any atom is 0.408 e. The molecule has 1 aromatic rings. The average molecular weight is 547 g/mol. The van der Waals surface area contributed by atoms with E-state index in [2.05, 4.69) is 20.5 Å². The van der Waals surface area contributed by atoms with Gasteiger partial charge in [-0.25, -0.2) is 23.4 Å². The van der Waals surface area contributed by atoms with Gasteiger partial charge in [0.15, 0.2) is 5.82 Å². The van der Waals surface area contributed by atoms with Crippen LogP contribution in [0.1, 0.15) is 81.0 Å². The number of thioether (sulfide) groups is 1. The summed E-state index contributed by atoms with van der Waals surface area (Å²) in [4.78, 5) is 43.6. The molecule has 1 amide bonds. The van der Waals surface area contributed by atoms with Crippen molar-refractivity contribution in [3.8, 4) is 0 Å². The van der Waals surface area contributed by atoms with Crippen LogP contribution < -0.4 is 5.32 Å². The first-order valence-corrected chi connectivity index (χ1v) is 12.9. The number of amides is 1. The molecule has 2 aliphatic carbocycles. The minimum Gasteiger partial charge on any atom is -0.460 e. The third-order valence-corrected chi connectivity index (χ3v) is 6.89. The summed E-state index contributed by atoms with van der Waals surface area (Å²) in [5, 5.41) is 8.34. The van der Waals surface area contributed by atoms with Crippen LogP contribution >= 0.6 is 11.8 Å². The number of nitrogens with zero attached hydrogens (tertiary/aromatic N) is 2. The number of nitrogens with one attached hydrogen (secondary N) is 2. The first-order chi connectivity index (χ1) is 16.7. The number of alkyl halides is 2. The van der Waals surface area contributed by atoms with Crippen molar-refractivity contribution < 1.29 is 37.4 Å². The molecule has 0 spiro atoms. The van der Waals surface area contributed by atoms with Crippen LogP contribution in [-0.2, 0) is 23.8 Å². The molecule has 2 saturated carbocycles. The van der Waals surface area contributed by atoms with Crippen molar-refractivity contribution in [2.75, 3.05) is 0 Å². The SMILES string of the molecule is CC(C)(C)OC(=O)N[C@@]1(C(=O)OC(C)(C)C)C[C@H](Sc2n[nH]c(C(F)F)n2)[C@H]2[C@H](C(=O)OC(C)(C)C)[C@H]21. The van der Waals surface area contributed by atoms with E-state index >= 15 is 0 Å². The van der Waals surface area contributed by atoms with Gasteiger partial charge in [-0.2, -0.15) is 0 Å². The molecule has 2 N–H and O–H groups in total. The van der Waals surface area contributed by atoms with Crippen molar-refractivity contribution in [2.45, 2.75) is 108 Å². The Morgan fingerprint density at radius 2 is 1.57 bits per heavy atom. The quantitative estimate of drug-likeness (QED) is 0.393. The van der Waals surface area contributed by atoms with Crippen molar-refractivity contribution >= 4 is 29.8 Å². The van der Waals surface area contributed by atoms with Crippen LogP contribution in [0, 0.1) is 17.8 Å². The average Bonchev–Trinajstić information content (AvgIpc) is 3.11. The Hall–Kier alpha value is -2.44. The summed E-state index contributed by atoms with van der Waals surface area (Å²) in [6, 6.07) is 0. The lowest BCUT2D eigenvalue weighted by molar-refractivity contribution is -0.165. The predicted octanol–water partition coefficient (Wildman–Crippen LogP) is 4.42. The summed E-state index contributed by atoms with van der Waals surface area (Å²) in [7, 11) is 0. The number of rotatable bonds is 6. The molecular formula is C24H36F2N4O6S. The van der Waals surface area contributed by atoms with Crippen molar-refractivity contribution in [1.29, 1.82) is 0 Å². The van der Waals surface area contributed by atoms with E-state index in [1.54, 1.807) is 62.3 Å². The predicted molar refractivity (Wildman–Crippen MR) is 130 cm³/mol. The number of fused-ring (bicyclic) bond motifs is 1. The summed E-state index contributed by atoms with van der Waals surface area (Å²) in [6.07, 6.45) is -3.61. The number of aromatic amines is 1. The zero-order chi connectivity index (χ0) is 28.1. The Morgan fingerprint density at radius 1 is 1.00 bits per heavy atom. The van der Waals surface area contributed by atoms with Gasteiger partial charge in [-0.1, -0.05) is 11.8 Å². The van der Waals surface area contributed by atoms with Crippen molar-refractivity contribution in [3.63, 3.8) is 0 Å². The highest BCUT2D eigenvalue weighted by atomic mass is 32.2. The highest BCUT2D eigenvalue weighted by Gasteiger charge is 2.77. The number of carbonyl (C=O) groups is 3. The van der Waals surface area contributed by atoms with E-state index < -0.39 is 75.6 Å². The monoisotopic (exact) mass is 546 g/mol. The molecule has 208 valence electrons. The van der Waals surface area contributed by atoms with E-state index in [1.165, 1.54) is 0 Å². The number of aromatic nitrogens is 3. The third kappa shape index (κ3) is 6.91. The smallest absolute Gasteiger partial charge is 0.408 e. The summed E-state index contributed by atoms with van der Waals surface area (Å²) >= 11 is 1.06. The van der Waals surface area contributed by atoms with Crippen LogP contribution in [0.15, 0.2) is 5.16 Å². The van der Waals surface area contributed by atoms with Gasteiger partial charge in [0.1, 0.15) is 22.3 Å². The highest BCUT2D eigenvalue weighted by molar-refractivity contribution is 7.99. The number of halogens is 2. The van der Waals surface area contributed by atoms with Gasteiger partial charge in [-0.3, -0.25) is 9.89 Å². The lowest BCUT2D eigenvalue weighted by Crippen LogP contribution is -2.59. The number of ether oxygens (including phenoxy) is 3. The number of hydrogen-bond acceptors (Lipinski definition) is 9. The molecule has 0 bridgehead atoms. The molecule has 2 aliphatic rings. The molecule has 0 aliphatic heterocycles. The van der Waals surface area contributed by atoms with E-state index in [0.717, 1.165) is 11.8 Å². The molecule has 13 heteroatoms. The molecule has 1 aromatic heterocycles. The minimum atomic E-state index is -2.83. The number of carbonyl (C=O) groups excluding carboxylic acids is 3. The van der Waals surface area contributed by atoms with Crippen LogP contribution in [0.25, 0.3) is 0 Å². The van der Waals surface area contributed by atoms with Crippen LogP contribution in [-0.4, -0.2) is 60.8 Å². The number of alkyl carbamates (subject to hydrolysis) is 1. The van der Waals surface area contributed by atoms with Crippen LogP contribution in [0.3, 0.4) is 0 Å². The molecule has 1 heterocycles. The summed E-state index contributed by atoms with van der Waals surface area (Å²) < 4.78 is 42.8. The third-order valence-electron chi connectivity index (χ3n) is 5.71. The maximum atomic E-state index is 13.7. The van der Waals surface area contributed by atoms with E-state index in [9.17, 15) is 23.2 Å². The van der Waals surface area contributed by atoms with Crippen LogP contribution in [0.2, 0.25) is 0 Å². The second-order valence-corrected chi connectivity index (χ2v) is 13.6. The molecule has 3 rings (SSSR count).